The van der Waals surface area contributed by atoms with E-state index in [1.54, 1.807) is 0 Å². The molecule has 1 saturated heterocycles. The fourth-order valence-electron chi connectivity index (χ4n) is 6.25. The summed E-state index contributed by atoms with van der Waals surface area (Å²) in [6, 6.07) is 0. The lowest BCUT2D eigenvalue weighted by Gasteiger charge is -2.65. The quantitative estimate of drug-likeness (QED) is 0.717. The molecule has 6 atom stereocenters. The minimum absolute atomic E-state index is 0.0757. The van der Waals surface area contributed by atoms with Crippen molar-refractivity contribution in [2.45, 2.75) is 79.1 Å². The molecule has 3 rings (SSSR count). The average molecular weight is 308 g/mol. The van der Waals surface area contributed by atoms with Crippen LogP contribution in [0.4, 0.5) is 0 Å². The van der Waals surface area contributed by atoms with Gasteiger partial charge in [0.2, 0.25) is 0 Å². The number of fused-ring (bicyclic) bond motifs is 3. The molecule has 3 aliphatic rings. The Kier molecular flexibility index (Phi) is 3.97. The molecule has 3 heteroatoms. The molecular weight excluding hydrogens is 276 g/mol. The van der Waals surface area contributed by atoms with Gasteiger partial charge in [-0.1, -0.05) is 27.7 Å². The molecule has 0 spiro atoms. The number of ether oxygens (including phenoxy) is 2. The van der Waals surface area contributed by atoms with Gasteiger partial charge in [-0.3, -0.25) is 0 Å². The van der Waals surface area contributed by atoms with E-state index in [9.17, 15) is 4.79 Å². The average Bonchev–Trinajstić information content (AvgIpc) is 2.44. The highest BCUT2D eigenvalue weighted by molar-refractivity contribution is 5.50. The molecule has 22 heavy (non-hydrogen) atoms. The molecule has 0 N–H and O–H groups in total. The zero-order chi connectivity index (χ0) is 16.2. The Morgan fingerprint density at radius 1 is 1.09 bits per heavy atom. The maximum atomic E-state index is 11.3. The van der Waals surface area contributed by atoms with Crippen LogP contribution in [-0.4, -0.2) is 25.3 Å². The predicted octanol–water partition coefficient (Wildman–Crippen LogP) is 4.20. The number of carbonyl (C=O) groups is 1. The molecule has 0 aromatic rings. The van der Waals surface area contributed by atoms with Gasteiger partial charge in [-0.2, -0.15) is 0 Å². The van der Waals surface area contributed by atoms with Crippen molar-refractivity contribution < 1.29 is 14.3 Å². The van der Waals surface area contributed by atoms with Crippen LogP contribution in [0.5, 0.6) is 0 Å². The SMILES string of the molecule is C[C@@H]1OC[C@@]2(C)C3CCC(C)(C)[C@@H](CC=O)[C@]3(C)CC[C@H]2O1. The van der Waals surface area contributed by atoms with Crippen molar-refractivity contribution in [1.82, 2.24) is 0 Å². The Balaban J connectivity index is 1.95. The van der Waals surface area contributed by atoms with Crippen molar-refractivity contribution in [3.05, 3.63) is 0 Å². The molecule has 1 unspecified atom stereocenters. The molecular formula is C19H32O3. The van der Waals surface area contributed by atoms with Crippen LogP contribution in [0.3, 0.4) is 0 Å². The molecule has 0 aromatic carbocycles. The second-order valence-electron chi connectivity index (χ2n) is 9.09. The van der Waals surface area contributed by atoms with E-state index in [0.717, 1.165) is 19.3 Å². The molecule has 2 saturated carbocycles. The summed E-state index contributed by atoms with van der Waals surface area (Å²) in [6.07, 6.45) is 6.77. The summed E-state index contributed by atoms with van der Waals surface area (Å²) in [5.74, 6) is 1.05. The third-order valence-electron chi connectivity index (χ3n) is 7.41. The van der Waals surface area contributed by atoms with Gasteiger partial charge in [0, 0.05) is 11.8 Å². The van der Waals surface area contributed by atoms with Crippen molar-refractivity contribution >= 4 is 6.29 Å². The third kappa shape index (κ3) is 2.27. The lowest BCUT2D eigenvalue weighted by Crippen LogP contribution is -2.63. The van der Waals surface area contributed by atoms with Crippen molar-refractivity contribution in [3.63, 3.8) is 0 Å². The number of carbonyl (C=O) groups excluding carboxylic acids is 1. The minimum Gasteiger partial charge on any atom is -0.352 e. The summed E-state index contributed by atoms with van der Waals surface area (Å²) in [4.78, 5) is 11.3. The molecule has 126 valence electrons. The molecule has 0 aromatic heterocycles. The number of hydrogen-bond acceptors (Lipinski definition) is 3. The maximum Gasteiger partial charge on any atom is 0.155 e. The summed E-state index contributed by atoms with van der Waals surface area (Å²) in [5, 5.41) is 0. The molecule has 1 aliphatic heterocycles. The predicted molar refractivity (Wildman–Crippen MR) is 86.4 cm³/mol. The fraction of sp³-hybridized carbons (Fsp3) is 0.947. The minimum atomic E-state index is -0.0757. The zero-order valence-electron chi connectivity index (χ0n) is 14.9. The van der Waals surface area contributed by atoms with Crippen LogP contribution >= 0.6 is 0 Å². The van der Waals surface area contributed by atoms with Crippen LogP contribution < -0.4 is 0 Å². The first-order valence-electron chi connectivity index (χ1n) is 8.95. The van der Waals surface area contributed by atoms with Gasteiger partial charge in [-0.15, -0.1) is 0 Å². The van der Waals surface area contributed by atoms with Gasteiger partial charge in [0.1, 0.15) is 6.29 Å². The van der Waals surface area contributed by atoms with Gasteiger partial charge in [-0.05, 0) is 55.3 Å². The highest BCUT2D eigenvalue weighted by Crippen LogP contribution is 2.65. The highest BCUT2D eigenvalue weighted by Gasteiger charge is 2.62. The largest absolute Gasteiger partial charge is 0.352 e. The van der Waals surface area contributed by atoms with Gasteiger partial charge in [0.05, 0.1) is 12.7 Å². The third-order valence-corrected chi connectivity index (χ3v) is 7.41. The first kappa shape index (κ1) is 16.4. The van der Waals surface area contributed by atoms with E-state index >= 15 is 0 Å². The highest BCUT2D eigenvalue weighted by atomic mass is 16.7. The second kappa shape index (κ2) is 5.31. The summed E-state index contributed by atoms with van der Waals surface area (Å²) < 4.78 is 12.0. The standard InChI is InChI=1S/C19H32O3/c1-13-21-12-19(5)15-6-9-17(2,3)14(8-11-20)18(15,4)10-7-16(19)22-13/h11,13-16H,6-10,12H2,1-5H3/t13-,14-,15?,16-,18+,19+/m1/s1. The molecule has 3 nitrogen and oxygen atoms in total. The van der Waals surface area contributed by atoms with Crippen molar-refractivity contribution in [1.29, 1.82) is 0 Å². The Bertz CT molecular complexity index is 446. The first-order valence-corrected chi connectivity index (χ1v) is 8.95. The van der Waals surface area contributed by atoms with Crippen molar-refractivity contribution in [3.8, 4) is 0 Å². The first-order chi connectivity index (χ1) is 10.2. The summed E-state index contributed by atoms with van der Waals surface area (Å²) in [5.41, 5.74) is 0.567. The lowest BCUT2D eigenvalue weighted by atomic mass is 9.42. The summed E-state index contributed by atoms with van der Waals surface area (Å²) in [6.45, 7) is 12.3. The van der Waals surface area contributed by atoms with Crippen LogP contribution in [0.15, 0.2) is 0 Å². The van der Waals surface area contributed by atoms with Gasteiger partial charge in [-0.25, -0.2) is 0 Å². The van der Waals surface area contributed by atoms with Crippen LogP contribution in [0.25, 0.3) is 0 Å². The van der Waals surface area contributed by atoms with E-state index in [2.05, 4.69) is 27.7 Å². The van der Waals surface area contributed by atoms with E-state index in [1.807, 2.05) is 6.92 Å². The van der Waals surface area contributed by atoms with Crippen LogP contribution in [0, 0.1) is 28.1 Å². The van der Waals surface area contributed by atoms with Crippen LogP contribution in [0.2, 0.25) is 0 Å². The number of rotatable bonds is 2. The topological polar surface area (TPSA) is 35.5 Å². The number of aldehydes is 1. The molecule has 0 radical (unpaired) electrons. The Morgan fingerprint density at radius 3 is 2.50 bits per heavy atom. The maximum absolute atomic E-state index is 11.3. The van der Waals surface area contributed by atoms with E-state index in [-0.39, 0.29) is 22.5 Å². The number of hydrogen-bond donors (Lipinski definition) is 0. The van der Waals surface area contributed by atoms with Crippen LogP contribution in [0.1, 0.15) is 66.7 Å². The van der Waals surface area contributed by atoms with Crippen molar-refractivity contribution in [2.75, 3.05) is 6.61 Å². The van der Waals surface area contributed by atoms with Crippen molar-refractivity contribution in [2.24, 2.45) is 28.1 Å². The molecule has 1 heterocycles. The van der Waals surface area contributed by atoms with E-state index < -0.39 is 0 Å². The van der Waals surface area contributed by atoms with Crippen LogP contribution in [-0.2, 0) is 14.3 Å². The molecule has 3 fully saturated rings. The molecule has 0 amide bonds. The van der Waals surface area contributed by atoms with E-state index in [1.165, 1.54) is 19.3 Å². The van der Waals surface area contributed by atoms with Gasteiger partial charge in [0.25, 0.3) is 0 Å². The lowest BCUT2D eigenvalue weighted by molar-refractivity contribution is -0.304. The second-order valence-corrected chi connectivity index (χ2v) is 9.09. The summed E-state index contributed by atoms with van der Waals surface area (Å²) in [7, 11) is 0. The van der Waals surface area contributed by atoms with Gasteiger partial charge < -0.3 is 14.3 Å². The monoisotopic (exact) mass is 308 g/mol. The Hall–Kier alpha value is -0.410. The summed E-state index contributed by atoms with van der Waals surface area (Å²) >= 11 is 0. The smallest absolute Gasteiger partial charge is 0.155 e. The zero-order valence-corrected chi connectivity index (χ0v) is 14.9. The Morgan fingerprint density at radius 2 is 1.82 bits per heavy atom. The van der Waals surface area contributed by atoms with Gasteiger partial charge in [0.15, 0.2) is 6.29 Å². The van der Waals surface area contributed by atoms with E-state index in [4.69, 9.17) is 9.47 Å². The molecule has 0 bridgehead atoms. The molecule has 2 aliphatic carbocycles. The van der Waals surface area contributed by atoms with E-state index in [0.29, 0.717) is 24.4 Å². The normalized spacial score (nSPS) is 50.8. The fourth-order valence-corrected chi connectivity index (χ4v) is 6.25. The van der Waals surface area contributed by atoms with Gasteiger partial charge >= 0.3 is 0 Å². The Labute approximate surface area is 135 Å².